The molecule has 0 aromatic heterocycles. The number of amidine groups is 1. The molecule has 2 amide bonds. The number of carbonyl (C=O) groups is 2. The highest BCUT2D eigenvalue weighted by Gasteiger charge is 2.22. The molecular weight excluding hydrogens is 380 g/mol. The Bertz CT molecular complexity index is 939. The lowest BCUT2D eigenvalue weighted by atomic mass is 10.1. The summed E-state index contributed by atoms with van der Waals surface area (Å²) in [5.74, 6) is -0.650. The summed E-state index contributed by atoms with van der Waals surface area (Å²) in [6, 6.07) is 9.07. The summed E-state index contributed by atoms with van der Waals surface area (Å²) in [4.78, 5) is 26.6. The number of hydrogen-bond acceptors (Lipinski definition) is 4. The van der Waals surface area contributed by atoms with Gasteiger partial charge in [-0.2, -0.15) is 0 Å². The first-order valence-corrected chi connectivity index (χ1v) is 9.28. The number of hydrogen-bond donors (Lipinski definition) is 4. The van der Waals surface area contributed by atoms with E-state index < -0.39 is 5.91 Å². The maximum Gasteiger partial charge on any atom is 0.255 e. The van der Waals surface area contributed by atoms with Crippen LogP contribution in [0.2, 0.25) is 5.02 Å². The van der Waals surface area contributed by atoms with E-state index in [1.807, 2.05) is 0 Å². The molecular formula is C20H21ClN4O3. The van der Waals surface area contributed by atoms with Gasteiger partial charge in [0.05, 0.1) is 10.6 Å². The molecule has 2 aromatic rings. The minimum atomic E-state index is -0.394. The summed E-state index contributed by atoms with van der Waals surface area (Å²) >= 11 is 6.24. The molecule has 0 bridgehead atoms. The average Bonchev–Trinajstić information content (AvgIpc) is 3.21. The normalized spacial score (nSPS) is 13.4. The van der Waals surface area contributed by atoms with E-state index >= 15 is 0 Å². The number of phenolic OH excluding ortho intramolecular Hbond substituents is 1. The predicted octanol–water partition coefficient (Wildman–Crippen LogP) is 2.50. The van der Waals surface area contributed by atoms with Gasteiger partial charge in [-0.3, -0.25) is 15.0 Å². The molecule has 0 spiro atoms. The summed E-state index contributed by atoms with van der Waals surface area (Å²) in [5.41, 5.74) is 7.03. The van der Waals surface area contributed by atoms with Gasteiger partial charge in [0.2, 0.25) is 0 Å². The van der Waals surface area contributed by atoms with E-state index in [9.17, 15) is 14.7 Å². The van der Waals surface area contributed by atoms with Crippen molar-refractivity contribution in [3.63, 3.8) is 0 Å². The summed E-state index contributed by atoms with van der Waals surface area (Å²) in [6.07, 6.45) is 1.98. The Hall–Kier alpha value is -3.06. The van der Waals surface area contributed by atoms with Gasteiger partial charge in [-0.15, -0.1) is 0 Å². The average molecular weight is 401 g/mol. The minimum absolute atomic E-state index is 0.00473. The molecule has 0 aliphatic carbocycles. The summed E-state index contributed by atoms with van der Waals surface area (Å²) in [7, 11) is 0. The number of likely N-dealkylation sites (tertiary alicyclic amines) is 1. The highest BCUT2D eigenvalue weighted by Crippen LogP contribution is 2.22. The lowest BCUT2D eigenvalue weighted by Crippen LogP contribution is -2.28. The Balaban J connectivity index is 1.70. The number of halogens is 1. The van der Waals surface area contributed by atoms with Crippen molar-refractivity contribution in [2.75, 3.05) is 13.1 Å². The van der Waals surface area contributed by atoms with Gasteiger partial charge in [0.15, 0.2) is 0 Å². The first kappa shape index (κ1) is 19.7. The molecule has 2 aromatic carbocycles. The molecule has 0 atom stereocenters. The van der Waals surface area contributed by atoms with Gasteiger partial charge in [-0.05, 0) is 49.2 Å². The maximum absolute atomic E-state index is 12.5. The van der Waals surface area contributed by atoms with Gasteiger partial charge in [-0.25, -0.2) is 0 Å². The number of carbonyl (C=O) groups excluding carboxylic acids is 2. The molecule has 8 heteroatoms. The second-order valence-electron chi connectivity index (χ2n) is 6.63. The van der Waals surface area contributed by atoms with Gasteiger partial charge in [-0.1, -0.05) is 11.6 Å². The van der Waals surface area contributed by atoms with Crippen LogP contribution in [-0.2, 0) is 6.54 Å². The van der Waals surface area contributed by atoms with Crippen molar-refractivity contribution >= 4 is 29.3 Å². The molecule has 28 heavy (non-hydrogen) atoms. The van der Waals surface area contributed by atoms with Crippen LogP contribution in [-0.4, -0.2) is 40.7 Å². The van der Waals surface area contributed by atoms with E-state index in [4.69, 9.17) is 22.7 Å². The molecule has 146 valence electrons. The maximum atomic E-state index is 12.5. The zero-order chi connectivity index (χ0) is 20.3. The number of phenols is 1. The van der Waals surface area contributed by atoms with Gasteiger partial charge in [0.1, 0.15) is 11.6 Å². The van der Waals surface area contributed by atoms with Crippen LogP contribution in [0.25, 0.3) is 0 Å². The van der Waals surface area contributed by atoms with Crippen LogP contribution in [0.15, 0.2) is 36.4 Å². The molecule has 7 nitrogen and oxygen atoms in total. The van der Waals surface area contributed by atoms with Crippen molar-refractivity contribution in [1.29, 1.82) is 5.41 Å². The second kappa shape index (κ2) is 8.31. The Kier molecular flexibility index (Phi) is 5.84. The smallest absolute Gasteiger partial charge is 0.255 e. The Morgan fingerprint density at radius 3 is 2.46 bits per heavy atom. The molecule has 1 aliphatic heterocycles. The number of aromatic hydroxyl groups is 1. The number of nitrogens with one attached hydrogen (secondary N) is 2. The molecule has 1 aliphatic rings. The fourth-order valence-corrected chi connectivity index (χ4v) is 3.35. The molecule has 1 fully saturated rings. The molecule has 0 saturated carbocycles. The van der Waals surface area contributed by atoms with E-state index in [-0.39, 0.29) is 29.1 Å². The standard InChI is InChI=1S/C20H21ClN4O3/c21-16-10-13(3-5-15(16)20(28)25-7-1-2-8-25)19(27)24-11-14-9-12(18(22)23)4-6-17(14)26/h3-6,9-10,26H,1-2,7-8,11H2,(H3,22,23)(H,24,27). The number of benzene rings is 2. The number of rotatable bonds is 5. The van der Waals surface area contributed by atoms with E-state index in [1.165, 1.54) is 18.2 Å². The first-order valence-electron chi connectivity index (χ1n) is 8.90. The van der Waals surface area contributed by atoms with E-state index in [1.54, 1.807) is 23.1 Å². The molecule has 0 radical (unpaired) electrons. The lowest BCUT2D eigenvalue weighted by Gasteiger charge is -2.16. The zero-order valence-corrected chi connectivity index (χ0v) is 15.9. The summed E-state index contributed by atoms with van der Waals surface area (Å²) in [6.45, 7) is 1.50. The fourth-order valence-electron chi connectivity index (χ4n) is 3.09. The van der Waals surface area contributed by atoms with Crippen LogP contribution in [0, 0.1) is 5.41 Å². The number of nitrogens with two attached hydrogens (primary N) is 1. The van der Waals surface area contributed by atoms with Crippen LogP contribution in [0.4, 0.5) is 0 Å². The van der Waals surface area contributed by atoms with Crippen LogP contribution < -0.4 is 11.1 Å². The molecule has 1 saturated heterocycles. The summed E-state index contributed by atoms with van der Waals surface area (Å²) in [5, 5.41) is 20.3. The third-order valence-electron chi connectivity index (χ3n) is 4.68. The van der Waals surface area contributed by atoms with Crippen LogP contribution in [0.5, 0.6) is 5.75 Å². The Morgan fingerprint density at radius 1 is 1.14 bits per heavy atom. The Labute approximate surface area is 167 Å². The van der Waals surface area contributed by atoms with Gasteiger partial charge >= 0.3 is 0 Å². The van der Waals surface area contributed by atoms with E-state index in [0.717, 1.165) is 25.9 Å². The first-order chi connectivity index (χ1) is 13.4. The van der Waals surface area contributed by atoms with Gasteiger partial charge < -0.3 is 21.1 Å². The van der Waals surface area contributed by atoms with Gasteiger partial charge in [0, 0.05) is 36.3 Å². The molecule has 3 rings (SSSR count). The van der Waals surface area contributed by atoms with Gasteiger partial charge in [0.25, 0.3) is 11.8 Å². The van der Waals surface area contributed by atoms with Crippen molar-refractivity contribution in [2.24, 2.45) is 5.73 Å². The highest BCUT2D eigenvalue weighted by molar-refractivity contribution is 6.34. The second-order valence-corrected chi connectivity index (χ2v) is 7.04. The van der Waals surface area contributed by atoms with E-state index in [2.05, 4.69) is 5.32 Å². The van der Waals surface area contributed by atoms with E-state index in [0.29, 0.717) is 22.3 Å². The van der Waals surface area contributed by atoms with Crippen molar-refractivity contribution in [2.45, 2.75) is 19.4 Å². The fraction of sp³-hybridized carbons (Fsp3) is 0.250. The monoisotopic (exact) mass is 400 g/mol. The van der Waals surface area contributed by atoms with Crippen molar-refractivity contribution < 1.29 is 14.7 Å². The zero-order valence-electron chi connectivity index (χ0n) is 15.2. The molecule has 0 unspecified atom stereocenters. The van der Waals surface area contributed by atoms with Crippen LogP contribution >= 0.6 is 11.6 Å². The largest absolute Gasteiger partial charge is 0.508 e. The molecule has 5 N–H and O–H groups in total. The van der Waals surface area contributed by atoms with Crippen molar-refractivity contribution in [3.05, 3.63) is 63.7 Å². The van der Waals surface area contributed by atoms with Crippen LogP contribution in [0.3, 0.4) is 0 Å². The predicted molar refractivity (Wildman–Crippen MR) is 107 cm³/mol. The summed E-state index contributed by atoms with van der Waals surface area (Å²) < 4.78 is 0. The topological polar surface area (TPSA) is 120 Å². The number of nitrogens with zero attached hydrogens (tertiary/aromatic N) is 1. The molecule has 1 heterocycles. The van der Waals surface area contributed by atoms with Crippen molar-refractivity contribution in [1.82, 2.24) is 10.2 Å². The minimum Gasteiger partial charge on any atom is -0.508 e. The number of nitrogen functional groups attached to an aromatic ring is 1. The SMILES string of the molecule is N=C(N)c1ccc(O)c(CNC(=O)c2ccc(C(=O)N3CCCC3)c(Cl)c2)c1. The third kappa shape index (κ3) is 4.26. The van der Waals surface area contributed by atoms with Crippen LogP contribution in [0.1, 0.15) is 44.7 Å². The number of amides is 2. The lowest BCUT2D eigenvalue weighted by molar-refractivity contribution is 0.0792. The Morgan fingerprint density at radius 2 is 1.82 bits per heavy atom. The highest BCUT2D eigenvalue weighted by atomic mass is 35.5. The quantitative estimate of drug-likeness (QED) is 0.455. The van der Waals surface area contributed by atoms with Crippen molar-refractivity contribution in [3.8, 4) is 5.75 Å². The third-order valence-corrected chi connectivity index (χ3v) is 5.00.